The van der Waals surface area contributed by atoms with Crippen LogP contribution in [0.15, 0.2) is 23.1 Å². The number of nitrogens with one attached hydrogen (secondary N) is 2. The van der Waals surface area contributed by atoms with E-state index in [2.05, 4.69) is 10.6 Å². The Morgan fingerprint density at radius 2 is 1.81 bits per heavy atom. The summed E-state index contributed by atoms with van der Waals surface area (Å²) in [5.74, 6) is -1.03. The van der Waals surface area contributed by atoms with Crippen LogP contribution in [0.5, 0.6) is 0 Å². The number of anilines is 1. The SMILES string of the molecule is O=S(=O)(c1cc(F)ccc1NC1CCNCC1)C(F)(F)F. The van der Waals surface area contributed by atoms with Crippen LogP contribution in [-0.2, 0) is 9.84 Å². The Kier molecular flexibility index (Phi) is 4.43. The van der Waals surface area contributed by atoms with E-state index in [-0.39, 0.29) is 11.7 Å². The minimum atomic E-state index is -5.60. The average molecular weight is 326 g/mol. The molecular formula is C12H14F4N2O2S. The molecule has 2 rings (SSSR count). The summed E-state index contributed by atoms with van der Waals surface area (Å²) in [5, 5.41) is 5.85. The van der Waals surface area contributed by atoms with Gasteiger partial charge in [0, 0.05) is 6.04 Å². The van der Waals surface area contributed by atoms with Gasteiger partial charge < -0.3 is 10.6 Å². The van der Waals surface area contributed by atoms with E-state index >= 15 is 0 Å². The molecule has 0 saturated carbocycles. The van der Waals surface area contributed by atoms with Gasteiger partial charge in [-0.15, -0.1) is 0 Å². The average Bonchev–Trinajstić information content (AvgIpc) is 2.40. The smallest absolute Gasteiger partial charge is 0.381 e. The number of hydrogen-bond acceptors (Lipinski definition) is 4. The summed E-state index contributed by atoms with van der Waals surface area (Å²) in [6.45, 7) is 1.36. The maximum absolute atomic E-state index is 13.2. The molecule has 118 valence electrons. The van der Waals surface area contributed by atoms with Gasteiger partial charge in [-0.2, -0.15) is 13.2 Å². The molecule has 0 aliphatic carbocycles. The van der Waals surface area contributed by atoms with Crippen LogP contribution >= 0.6 is 0 Å². The first-order chi connectivity index (χ1) is 9.72. The molecule has 4 nitrogen and oxygen atoms in total. The van der Waals surface area contributed by atoms with E-state index in [1.165, 1.54) is 0 Å². The molecule has 1 fully saturated rings. The van der Waals surface area contributed by atoms with Crippen LogP contribution in [0.1, 0.15) is 12.8 Å². The number of alkyl halides is 3. The highest BCUT2D eigenvalue weighted by Crippen LogP contribution is 2.35. The number of piperidine rings is 1. The second kappa shape index (κ2) is 5.80. The zero-order chi connectivity index (χ0) is 15.7. The Labute approximate surface area is 119 Å². The number of rotatable bonds is 3. The van der Waals surface area contributed by atoms with Crippen LogP contribution in [0.2, 0.25) is 0 Å². The van der Waals surface area contributed by atoms with Crippen molar-refractivity contribution in [2.45, 2.75) is 29.3 Å². The molecule has 1 aliphatic heterocycles. The number of halogens is 4. The van der Waals surface area contributed by atoms with E-state index in [1.54, 1.807) is 0 Å². The summed E-state index contributed by atoms with van der Waals surface area (Å²) in [6.07, 6.45) is 1.28. The fourth-order valence-corrected chi connectivity index (χ4v) is 3.08. The van der Waals surface area contributed by atoms with Crippen LogP contribution in [0.4, 0.5) is 23.2 Å². The van der Waals surface area contributed by atoms with Crippen molar-refractivity contribution in [3.05, 3.63) is 24.0 Å². The highest BCUT2D eigenvalue weighted by atomic mass is 32.2. The van der Waals surface area contributed by atoms with E-state index in [0.717, 1.165) is 12.1 Å². The molecule has 1 aliphatic rings. The zero-order valence-electron chi connectivity index (χ0n) is 10.9. The Morgan fingerprint density at radius 1 is 1.19 bits per heavy atom. The van der Waals surface area contributed by atoms with E-state index in [1.807, 2.05) is 0 Å². The maximum atomic E-state index is 13.2. The van der Waals surface area contributed by atoms with Gasteiger partial charge in [-0.05, 0) is 44.1 Å². The predicted molar refractivity (Wildman–Crippen MR) is 69.2 cm³/mol. The van der Waals surface area contributed by atoms with E-state index in [0.29, 0.717) is 32.0 Å². The summed E-state index contributed by atoms with van der Waals surface area (Å²) in [6, 6.07) is 2.19. The number of benzene rings is 1. The van der Waals surface area contributed by atoms with Gasteiger partial charge in [0.25, 0.3) is 9.84 Å². The first kappa shape index (κ1) is 16.0. The zero-order valence-corrected chi connectivity index (χ0v) is 11.7. The molecule has 0 aromatic heterocycles. The largest absolute Gasteiger partial charge is 0.501 e. The minimum absolute atomic E-state index is 0.154. The normalized spacial score (nSPS) is 17.7. The molecule has 0 radical (unpaired) electrons. The first-order valence-electron chi connectivity index (χ1n) is 6.30. The van der Waals surface area contributed by atoms with Gasteiger partial charge in [0.1, 0.15) is 10.7 Å². The predicted octanol–water partition coefficient (Wildman–Crippen LogP) is 2.28. The number of sulfone groups is 1. The van der Waals surface area contributed by atoms with E-state index in [4.69, 9.17) is 0 Å². The minimum Gasteiger partial charge on any atom is -0.381 e. The summed E-state index contributed by atoms with van der Waals surface area (Å²) in [4.78, 5) is -1.08. The lowest BCUT2D eigenvalue weighted by Gasteiger charge is -2.26. The van der Waals surface area contributed by atoms with Gasteiger partial charge in [0.15, 0.2) is 0 Å². The standard InChI is InChI=1S/C12H14F4N2O2S/c13-8-1-2-10(18-9-3-5-17-6-4-9)11(7-8)21(19,20)12(14,15)16/h1-2,7,9,17-18H,3-6H2. The van der Waals surface area contributed by atoms with Gasteiger partial charge in [0.05, 0.1) is 5.69 Å². The molecule has 1 aromatic rings. The third-order valence-corrected chi connectivity index (χ3v) is 4.76. The van der Waals surface area contributed by atoms with Gasteiger partial charge in [-0.1, -0.05) is 0 Å². The molecule has 1 heterocycles. The molecule has 0 atom stereocenters. The molecule has 2 N–H and O–H groups in total. The van der Waals surface area contributed by atoms with Crippen LogP contribution in [-0.4, -0.2) is 33.1 Å². The highest BCUT2D eigenvalue weighted by Gasteiger charge is 2.48. The molecule has 0 bridgehead atoms. The second-order valence-corrected chi connectivity index (χ2v) is 6.67. The maximum Gasteiger partial charge on any atom is 0.501 e. The fourth-order valence-electron chi connectivity index (χ4n) is 2.15. The van der Waals surface area contributed by atoms with Crippen LogP contribution < -0.4 is 10.6 Å². The van der Waals surface area contributed by atoms with Crippen molar-refractivity contribution >= 4 is 15.5 Å². The highest BCUT2D eigenvalue weighted by molar-refractivity contribution is 7.92. The quantitative estimate of drug-likeness (QED) is 0.837. The van der Waals surface area contributed by atoms with Crippen LogP contribution in [0.25, 0.3) is 0 Å². The Hall–Kier alpha value is -1.35. The van der Waals surface area contributed by atoms with Gasteiger partial charge in [-0.25, -0.2) is 12.8 Å². The van der Waals surface area contributed by atoms with Crippen molar-refractivity contribution in [3.63, 3.8) is 0 Å². The summed E-state index contributed by atoms with van der Waals surface area (Å²) < 4.78 is 74.2. The van der Waals surface area contributed by atoms with Crippen molar-refractivity contribution in [1.82, 2.24) is 5.32 Å². The van der Waals surface area contributed by atoms with Crippen molar-refractivity contribution in [1.29, 1.82) is 0 Å². The monoisotopic (exact) mass is 326 g/mol. The lowest BCUT2D eigenvalue weighted by atomic mass is 10.1. The third kappa shape index (κ3) is 3.46. The third-order valence-electron chi connectivity index (χ3n) is 3.24. The molecule has 9 heteroatoms. The molecule has 1 aromatic carbocycles. The molecule has 0 amide bonds. The second-order valence-electron chi connectivity index (χ2n) is 4.76. The molecule has 0 spiro atoms. The number of hydrogen-bond donors (Lipinski definition) is 2. The topological polar surface area (TPSA) is 58.2 Å². The van der Waals surface area contributed by atoms with E-state index < -0.39 is 26.1 Å². The van der Waals surface area contributed by atoms with E-state index in [9.17, 15) is 26.0 Å². The Balaban J connectivity index is 2.38. The van der Waals surface area contributed by atoms with Gasteiger partial charge in [-0.3, -0.25) is 0 Å². The van der Waals surface area contributed by atoms with Gasteiger partial charge in [0.2, 0.25) is 0 Å². The van der Waals surface area contributed by atoms with Gasteiger partial charge >= 0.3 is 5.51 Å². The lowest BCUT2D eigenvalue weighted by Crippen LogP contribution is -2.36. The molecule has 0 unspecified atom stereocenters. The molecule has 21 heavy (non-hydrogen) atoms. The van der Waals surface area contributed by atoms with Crippen molar-refractivity contribution < 1.29 is 26.0 Å². The Bertz CT molecular complexity index is 610. The molecule has 1 saturated heterocycles. The molecular weight excluding hydrogens is 312 g/mol. The van der Waals surface area contributed by atoms with Crippen molar-refractivity contribution in [2.24, 2.45) is 0 Å². The summed E-state index contributed by atoms with van der Waals surface area (Å²) >= 11 is 0. The fraction of sp³-hybridized carbons (Fsp3) is 0.500. The Morgan fingerprint density at radius 3 is 2.38 bits per heavy atom. The van der Waals surface area contributed by atoms with Crippen LogP contribution in [0.3, 0.4) is 0 Å². The summed E-state index contributed by atoms with van der Waals surface area (Å²) in [7, 11) is -5.60. The van der Waals surface area contributed by atoms with Crippen molar-refractivity contribution in [2.75, 3.05) is 18.4 Å². The van der Waals surface area contributed by atoms with Crippen LogP contribution in [0, 0.1) is 5.82 Å². The van der Waals surface area contributed by atoms with Crippen molar-refractivity contribution in [3.8, 4) is 0 Å². The lowest BCUT2D eigenvalue weighted by molar-refractivity contribution is -0.0435. The summed E-state index contributed by atoms with van der Waals surface area (Å²) in [5.41, 5.74) is -5.69. The first-order valence-corrected chi connectivity index (χ1v) is 7.78.